The van der Waals surface area contributed by atoms with E-state index in [0.717, 1.165) is 16.9 Å². The summed E-state index contributed by atoms with van der Waals surface area (Å²) in [6, 6.07) is 0. The summed E-state index contributed by atoms with van der Waals surface area (Å²) in [4.78, 5) is 1.11. The van der Waals surface area contributed by atoms with Gasteiger partial charge in [0.2, 0.25) is 0 Å². The molecule has 0 saturated heterocycles. The van der Waals surface area contributed by atoms with Crippen LogP contribution in [0.5, 0.6) is 5.75 Å². The van der Waals surface area contributed by atoms with Crippen molar-refractivity contribution in [3.63, 3.8) is 0 Å². The highest BCUT2D eigenvalue weighted by Crippen LogP contribution is 2.34. The van der Waals surface area contributed by atoms with Crippen molar-refractivity contribution in [1.29, 1.82) is 0 Å². The van der Waals surface area contributed by atoms with Gasteiger partial charge in [0.05, 0.1) is 0 Å². The van der Waals surface area contributed by atoms with Gasteiger partial charge in [-0.2, -0.15) is 0 Å². The lowest BCUT2D eigenvalue weighted by atomic mass is 10.1. The molecule has 1 aromatic heterocycles. The predicted molar refractivity (Wildman–Crippen MR) is 49.5 cm³/mol. The Morgan fingerprint density at radius 2 is 2.18 bits per heavy atom. The second-order valence-corrected chi connectivity index (χ2v) is 3.94. The molecule has 0 unspecified atom stereocenters. The lowest BCUT2D eigenvalue weighted by Gasteiger charge is -2.01. The average Bonchev–Trinajstić information content (AvgIpc) is 2.30. The summed E-state index contributed by atoms with van der Waals surface area (Å²) >= 11 is 1.65. The van der Waals surface area contributed by atoms with E-state index in [1.165, 1.54) is 0 Å². The molecule has 62 valence electrons. The Morgan fingerprint density at radius 1 is 1.55 bits per heavy atom. The molecule has 0 amide bonds. The molecule has 0 fully saturated rings. The zero-order valence-corrected chi connectivity index (χ0v) is 8.03. The third-order valence-electron chi connectivity index (χ3n) is 1.81. The van der Waals surface area contributed by atoms with Gasteiger partial charge in [0.25, 0.3) is 0 Å². The monoisotopic (exact) mass is 170 g/mol. The van der Waals surface area contributed by atoms with Crippen molar-refractivity contribution in [3.05, 3.63) is 15.8 Å². The first-order valence-electron chi connectivity index (χ1n) is 3.96. The summed E-state index contributed by atoms with van der Waals surface area (Å²) in [6.07, 6.45) is 0.934. The van der Waals surface area contributed by atoms with Gasteiger partial charge in [-0.3, -0.25) is 0 Å². The molecule has 0 bridgehead atoms. The first-order chi connectivity index (χ1) is 5.16. The molecule has 0 aliphatic heterocycles. The third kappa shape index (κ3) is 1.56. The second kappa shape index (κ2) is 3.26. The van der Waals surface area contributed by atoms with E-state index in [2.05, 4.69) is 26.2 Å². The highest BCUT2D eigenvalue weighted by molar-refractivity contribution is 7.10. The van der Waals surface area contributed by atoms with Gasteiger partial charge in [-0.1, -0.05) is 20.8 Å². The molecule has 0 radical (unpaired) electrons. The van der Waals surface area contributed by atoms with E-state index in [1.807, 2.05) is 0 Å². The largest absolute Gasteiger partial charge is 0.506 e. The van der Waals surface area contributed by atoms with Crippen LogP contribution in [0.4, 0.5) is 0 Å². The zero-order valence-electron chi connectivity index (χ0n) is 7.22. The Bertz CT molecular complexity index is 238. The van der Waals surface area contributed by atoms with E-state index >= 15 is 0 Å². The summed E-state index contributed by atoms with van der Waals surface area (Å²) < 4.78 is 0. The number of aryl methyl sites for hydroxylation is 1. The number of hydrogen-bond acceptors (Lipinski definition) is 2. The molecular formula is C9H14OS. The first kappa shape index (κ1) is 8.60. The van der Waals surface area contributed by atoms with Gasteiger partial charge in [0.1, 0.15) is 5.75 Å². The lowest BCUT2D eigenvalue weighted by Crippen LogP contribution is -1.83. The van der Waals surface area contributed by atoms with Crippen LogP contribution < -0.4 is 0 Å². The Balaban J connectivity index is 3.00. The van der Waals surface area contributed by atoms with Crippen LogP contribution in [0.3, 0.4) is 0 Å². The van der Waals surface area contributed by atoms with Crippen LogP contribution in [0.25, 0.3) is 0 Å². The van der Waals surface area contributed by atoms with Gasteiger partial charge in [-0.25, -0.2) is 0 Å². The Morgan fingerprint density at radius 3 is 2.45 bits per heavy atom. The topological polar surface area (TPSA) is 20.2 Å². The summed E-state index contributed by atoms with van der Waals surface area (Å²) in [5.74, 6) is 0.957. The van der Waals surface area contributed by atoms with Crippen LogP contribution in [-0.4, -0.2) is 5.11 Å². The van der Waals surface area contributed by atoms with E-state index in [-0.39, 0.29) is 0 Å². The fourth-order valence-electron chi connectivity index (χ4n) is 1.07. The number of hydrogen-bond donors (Lipinski definition) is 1. The Labute approximate surface area is 71.7 Å². The van der Waals surface area contributed by atoms with Crippen molar-refractivity contribution in [2.45, 2.75) is 33.1 Å². The summed E-state index contributed by atoms with van der Waals surface area (Å²) in [5, 5.41) is 11.7. The highest BCUT2D eigenvalue weighted by atomic mass is 32.1. The predicted octanol–water partition coefficient (Wildman–Crippen LogP) is 3.14. The molecule has 1 rings (SSSR count). The molecule has 1 nitrogen and oxygen atoms in total. The van der Waals surface area contributed by atoms with Crippen LogP contribution in [0.1, 0.15) is 37.1 Å². The molecule has 0 aliphatic carbocycles. The third-order valence-corrected chi connectivity index (χ3v) is 2.95. The molecule has 0 spiro atoms. The van der Waals surface area contributed by atoms with Crippen LogP contribution >= 0.6 is 11.3 Å². The van der Waals surface area contributed by atoms with Gasteiger partial charge in [0.15, 0.2) is 0 Å². The van der Waals surface area contributed by atoms with Crippen molar-refractivity contribution in [3.8, 4) is 5.75 Å². The number of aromatic hydroxyl groups is 1. The summed E-state index contributed by atoms with van der Waals surface area (Å²) in [7, 11) is 0. The Hall–Kier alpha value is -0.500. The number of thiophene rings is 1. The number of rotatable bonds is 2. The zero-order chi connectivity index (χ0) is 8.43. The maximum Gasteiger partial charge on any atom is 0.132 e. The molecule has 2 heteroatoms. The minimum absolute atomic E-state index is 0.437. The van der Waals surface area contributed by atoms with Gasteiger partial charge in [0, 0.05) is 10.4 Å². The van der Waals surface area contributed by atoms with Crippen molar-refractivity contribution in [1.82, 2.24) is 0 Å². The average molecular weight is 170 g/mol. The van der Waals surface area contributed by atoms with E-state index < -0.39 is 0 Å². The van der Waals surface area contributed by atoms with E-state index in [1.54, 1.807) is 11.3 Å². The maximum atomic E-state index is 9.61. The van der Waals surface area contributed by atoms with E-state index in [0.29, 0.717) is 11.7 Å². The van der Waals surface area contributed by atoms with Crippen LogP contribution in [0.15, 0.2) is 5.38 Å². The molecule has 1 heterocycles. The maximum absolute atomic E-state index is 9.61. The van der Waals surface area contributed by atoms with Gasteiger partial charge >= 0.3 is 0 Å². The molecule has 0 aromatic carbocycles. The summed E-state index contributed by atoms with van der Waals surface area (Å²) in [5.41, 5.74) is 1.09. The molecular weight excluding hydrogens is 156 g/mol. The molecule has 0 saturated carbocycles. The molecule has 0 aliphatic rings. The van der Waals surface area contributed by atoms with Crippen molar-refractivity contribution >= 4 is 11.3 Å². The SMILES string of the molecule is CCc1scc(C(C)C)c1O. The van der Waals surface area contributed by atoms with Gasteiger partial charge < -0.3 is 5.11 Å². The van der Waals surface area contributed by atoms with Crippen LogP contribution in [0.2, 0.25) is 0 Å². The quantitative estimate of drug-likeness (QED) is 0.723. The lowest BCUT2D eigenvalue weighted by molar-refractivity contribution is 0.462. The van der Waals surface area contributed by atoms with Gasteiger partial charge in [-0.05, 0) is 17.7 Å². The minimum atomic E-state index is 0.437. The smallest absolute Gasteiger partial charge is 0.132 e. The van der Waals surface area contributed by atoms with Crippen molar-refractivity contribution in [2.75, 3.05) is 0 Å². The fourth-order valence-corrected chi connectivity index (χ4v) is 2.12. The fraction of sp³-hybridized carbons (Fsp3) is 0.556. The van der Waals surface area contributed by atoms with Crippen molar-refractivity contribution in [2.24, 2.45) is 0 Å². The minimum Gasteiger partial charge on any atom is -0.506 e. The Kier molecular flexibility index (Phi) is 2.55. The van der Waals surface area contributed by atoms with Crippen LogP contribution in [-0.2, 0) is 6.42 Å². The molecule has 11 heavy (non-hydrogen) atoms. The van der Waals surface area contributed by atoms with E-state index in [9.17, 15) is 5.11 Å². The molecule has 1 N–H and O–H groups in total. The highest BCUT2D eigenvalue weighted by Gasteiger charge is 2.10. The second-order valence-electron chi connectivity index (χ2n) is 2.97. The first-order valence-corrected chi connectivity index (χ1v) is 4.84. The van der Waals surface area contributed by atoms with E-state index in [4.69, 9.17) is 0 Å². The van der Waals surface area contributed by atoms with Gasteiger partial charge in [-0.15, -0.1) is 11.3 Å². The van der Waals surface area contributed by atoms with Crippen molar-refractivity contribution < 1.29 is 5.11 Å². The summed E-state index contributed by atoms with van der Waals surface area (Å²) in [6.45, 7) is 6.26. The standard InChI is InChI=1S/C9H14OS/c1-4-8-9(10)7(5-11-8)6(2)3/h5-6,10H,4H2,1-3H3. The van der Waals surface area contributed by atoms with Crippen LogP contribution in [0, 0.1) is 0 Å². The molecule has 1 aromatic rings. The normalized spacial score (nSPS) is 10.9. The molecule has 0 atom stereocenters.